The number of rotatable bonds is 9. The van der Waals surface area contributed by atoms with Crippen molar-refractivity contribution in [3.8, 4) is 0 Å². The van der Waals surface area contributed by atoms with E-state index in [-0.39, 0.29) is 18.5 Å². The van der Waals surface area contributed by atoms with Crippen molar-refractivity contribution in [3.63, 3.8) is 0 Å². The smallest absolute Gasteiger partial charge is 0.315 e. The summed E-state index contributed by atoms with van der Waals surface area (Å²) < 4.78 is 5.08. The molecule has 0 fully saturated rings. The van der Waals surface area contributed by atoms with Crippen LogP contribution in [0.5, 0.6) is 0 Å². The molecule has 3 N–H and O–H groups in total. The van der Waals surface area contributed by atoms with Crippen LogP contribution in [0.15, 0.2) is 40.9 Å². The second-order valence-electron chi connectivity index (χ2n) is 5.90. The van der Waals surface area contributed by atoms with Crippen molar-refractivity contribution in [2.45, 2.75) is 38.6 Å². The number of aryl methyl sites for hydroxylation is 1. The SMILES string of the molecule is Cc1cc(CCNC(=O)NC(CCC(=O)O)Cc2ccccc2)on1. The monoisotopic (exact) mass is 345 g/mol. The fourth-order valence-corrected chi connectivity index (χ4v) is 2.49. The van der Waals surface area contributed by atoms with Gasteiger partial charge in [-0.2, -0.15) is 0 Å². The van der Waals surface area contributed by atoms with Crippen LogP contribution in [0.1, 0.15) is 29.9 Å². The van der Waals surface area contributed by atoms with Gasteiger partial charge in [0.05, 0.1) is 5.69 Å². The number of hydrogen-bond donors (Lipinski definition) is 3. The number of benzene rings is 1. The molecule has 0 spiro atoms. The van der Waals surface area contributed by atoms with Gasteiger partial charge in [-0.25, -0.2) is 4.79 Å². The summed E-state index contributed by atoms with van der Waals surface area (Å²) in [6.07, 6.45) is 1.52. The number of carbonyl (C=O) groups excluding carboxylic acids is 1. The third-order valence-electron chi connectivity index (χ3n) is 3.70. The van der Waals surface area contributed by atoms with Gasteiger partial charge in [0.1, 0.15) is 5.76 Å². The molecule has 2 rings (SSSR count). The number of nitrogens with zero attached hydrogens (tertiary/aromatic N) is 1. The molecule has 7 heteroatoms. The van der Waals surface area contributed by atoms with Crippen LogP contribution in [0.2, 0.25) is 0 Å². The molecule has 0 aliphatic rings. The molecule has 1 atom stereocenters. The summed E-state index contributed by atoms with van der Waals surface area (Å²) in [6.45, 7) is 2.25. The topological polar surface area (TPSA) is 104 Å². The number of amides is 2. The molecule has 2 amide bonds. The standard InChI is InChI=1S/C18H23N3O4/c1-13-11-16(25-21-13)9-10-19-18(24)20-15(7-8-17(22)23)12-14-5-3-2-4-6-14/h2-6,11,15H,7-10,12H2,1H3,(H,22,23)(H2,19,20,24). The molecule has 0 saturated heterocycles. The van der Waals surface area contributed by atoms with Gasteiger partial charge in [0.25, 0.3) is 0 Å². The maximum Gasteiger partial charge on any atom is 0.315 e. The Morgan fingerprint density at radius 1 is 1.28 bits per heavy atom. The van der Waals surface area contributed by atoms with Crippen LogP contribution in [0.4, 0.5) is 4.79 Å². The largest absolute Gasteiger partial charge is 0.481 e. The summed E-state index contributed by atoms with van der Waals surface area (Å²) >= 11 is 0. The van der Waals surface area contributed by atoms with E-state index in [1.807, 2.05) is 43.3 Å². The second kappa shape index (κ2) is 9.46. The zero-order valence-corrected chi connectivity index (χ0v) is 14.2. The lowest BCUT2D eigenvalue weighted by molar-refractivity contribution is -0.137. The zero-order valence-electron chi connectivity index (χ0n) is 14.2. The molecule has 1 aromatic heterocycles. The number of hydrogen-bond acceptors (Lipinski definition) is 4. The van der Waals surface area contributed by atoms with E-state index in [1.165, 1.54) is 0 Å². The minimum atomic E-state index is -0.874. The van der Waals surface area contributed by atoms with E-state index < -0.39 is 5.97 Å². The van der Waals surface area contributed by atoms with Crippen molar-refractivity contribution in [2.24, 2.45) is 0 Å². The number of aromatic nitrogens is 1. The molecule has 134 valence electrons. The Bertz CT molecular complexity index is 685. The van der Waals surface area contributed by atoms with Crippen molar-refractivity contribution in [1.82, 2.24) is 15.8 Å². The van der Waals surface area contributed by atoms with Crippen molar-refractivity contribution in [3.05, 3.63) is 53.4 Å². The van der Waals surface area contributed by atoms with Gasteiger partial charge in [0, 0.05) is 31.5 Å². The third-order valence-corrected chi connectivity index (χ3v) is 3.70. The van der Waals surface area contributed by atoms with Crippen LogP contribution in [-0.2, 0) is 17.6 Å². The zero-order chi connectivity index (χ0) is 18.1. The predicted molar refractivity (Wildman–Crippen MR) is 92.3 cm³/mol. The molecule has 2 aromatic rings. The lowest BCUT2D eigenvalue weighted by atomic mass is 10.0. The summed E-state index contributed by atoms with van der Waals surface area (Å²) in [5.41, 5.74) is 1.85. The third kappa shape index (κ3) is 7.07. The van der Waals surface area contributed by atoms with Crippen LogP contribution in [-0.4, -0.2) is 34.9 Å². The summed E-state index contributed by atoms with van der Waals surface area (Å²) in [6, 6.07) is 10.9. The fourth-order valence-electron chi connectivity index (χ4n) is 2.49. The normalized spacial score (nSPS) is 11.7. The average Bonchev–Trinajstić information content (AvgIpc) is 2.99. The molecule has 0 saturated carbocycles. The highest BCUT2D eigenvalue weighted by atomic mass is 16.5. The molecule has 1 heterocycles. The minimum Gasteiger partial charge on any atom is -0.481 e. The number of nitrogens with one attached hydrogen (secondary N) is 2. The molecule has 1 unspecified atom stereocenters. The first-order valence-corrected chi connectivity index (χ1v) is 8.25. The molecule has 0 bridgehead atoms. The molecule has 0 radical (unpaired) electrons. The average molecular weight is 345 g/mol. The fraction of sp³-hybridized carbons (Fsp3) is 0.389. The van der Waals surface area contributed by atoms with Crippen molar-refractivity contribution < 1.29 is 19.2 Å². The predicted octanol–water partition coefficient (Wildman–Crippen LogP) is 2.30. The quantitative estimate of drug-likeness (QED) is 0.647. The Balaban J connectivity index is 1.81. The first-order chi connectivity index (χ1) is 12.0. The van der Waals surface area contributed by atoms with Gasteiger partial charge < -0.3 is 20.3 Å². The van der Waals surface area contributed by atoms with Crippen LogP contribution in [0.25, 0.3) is 0 Å². The van der Waals surface area contributed by atoms with Crippen LogP contribution in [0, 0.1) is 6.92 Å². The van der Waals surface area contributed by atoms with E-state index in [9.17, 15) is 9.59 Å². The number of aliphatic carboxylic acids is 1. The maximum absolute atomic E-state index is 12.1. The van der Waals surface area contributed by atoms with E-state index in [4.69, 9.17) is 9.63 Å². The van der Waals surface area contributed by atoms with Gasteiger partial charge in [-0.05, 0) is 25.3 Å². The number of carboxylic acid groups (broad SMARTS) is 1. The Labute approximate surface area is 146 Å². The Hall–Kier alpha value is -2.83. The highest BCUT2D eigenvalue weighted by Gasteiger charge is 2.14. The highest BCUT2D eigenvalue weighted by Crippen LogP contribution is 2.08. The van der Waals surface area contributed by atoms with Gasteiger partial charge in [0.2, 0.25) is 0 Å². The maximum atomic E-state index is 12.1. The first-order valence-electron chi connectivity index (χ1n) is 8.25. The highest BCUT2D eigenvalue weighted by molar-refractivity contribution is 5.74. The van der Waals surface area contributed by atoms with Crippen LogP contribution in [0.3, 0.4) is 0 Å². The molecular weight excluding hydrogens is 322 g/mol. The minimum absolute atomic E-state index is 0.00905. The van der Waals surface area contributed by atoms with Crippen LogP contribution < -0.4 is 10.6 Å². The van der Waals surface area contributed by atoms with Gasteiger partial charge in [-0.1, -0.05) is 35.5 Å². The molecule has 0 aliphatic carbocycles. The molecule has 7 nitrogen and oxygen atoms in total. The molecular formula is C18H23N3O4. The van der Waals surface area contributed by atoms with Crippen molar-refractivity contribution in [1.29, 1.82) is 0 Å². The summed E-state index contributed by atoms with van der Waals surface area (Å²) in [5, 5.41) is 18.3. The molecule has 1 aromatic carbocycles. The molecule has 0 aliphatic heterocycles. The van der Waals surface area contributed by atoms with Gasteiger partial charge in [-0.15, -0.1) is 0 Å². The van der Waals surface area contributed by atoms with Gasteiger partial charge in [0.15, 0.2) is 0 Å². The Morgan fingerprint density at radius 2 is 2.04 bits per heavy atom. The van der Waals surface area contributed by atoms with Gasteiger partial charge in [-0.3, -0.25) is 4.79 Å². The number of carboxylic acids is 1. The van der Waals surface area contributed by atoms with E-state index in [1.54, 1.807) is 0 Å². The van der Waals surface area contributed by atoms with Crippen molar-refractivity contribution >= 4 is 12.0 Å². The second-order valence-corrected chi connectivity index (χ2v) is 5.90. The Kier molecular flexibility index (Phi) is 7.00. The number of carbonyl (C=O) groups is 2. The van der Waals surface area contributed by atoms with Crippen molar-refractivity contribution in [2.75, 3.05) is 6.54 Å². The van der Waals surface area contributed by atoms with Crippen LogP contribution >= 0.6 is 0 Å². The number of urea groups is 1. The van der Waals surface area contributed by atoms with E-state index in [0.717, 1.165) is 11.3 Å². The summed E-state index contributed by atoms with van der Waals surface area (Å²) in [4.78, 5) is 22.9. The van der Waals surface area contributed by atoms with Gasteiger partial charge >= 0.3 is 12.0 Å². The lowest BCUT2D eigenvalue weighted by Gasteiger charge is -2.18. The molecule has 25 heavy (non-hydrogen) atoms. The summed E-state index contributed by atoms with van der Waals surface area (Å²) in [5.74, 6) is -0.162. The van der Waals surface area contributed by atoms with E-state index in [0.29, 0.717) is 31.6 Å². The first kappa shape index (κ1) is 18.5. The lowest BCUT2D eigenvalue weighted by Crippen LogP contribution is -2.43. The summed E-state index contributed by atoms with van der Waals surface area (Å²) in [7, 11) is 0. The Morgan fingerprint density at radius 3 is 2.68 bits per heavy atom. The van der Waals surface area contributed by atoms with E-state index >= 15 is 0 Å². The van der Waals surface area contributed by atoms with E-state index in [2.05, 4.69) is 15.8 Å².